The average Bonchev–Trinajstić information content (AvgIpc) is 2.76. The number of aliphatic hydroxyl groups is 1. The molecule has 2 fully saturated rings. The number of hydrogen-bond donors (Lipinski definition) is 2. The van der Waals surface area contributed by atoms with Gasteiger partial charge in [-0.1, -0.05) is 27.7 Å². The average molecular weight is 282 g/mol. The lowest BCUT2D eigenvalue weighted by atomic mass is 9.67. The Hall–Kier alpha value is -0.120. The van der Waals surface area contributed by atoms with Gasteiger partial charge in [-0.15, -0.1) is 0 Å². The third-order valence-corrected chi connectivity index (χ3v) is 5.41. The molecule has 2 rings (SSSR count). The number of hydrogen-bond acceptors (Lipinski definition) is 3. The van der Waals surface area contributed by atoms with E-state index in [0.717, 1.165) is 37.9 Å². The number of aliphatic hydroxyl groups excluding tert-OH is 1. The second-order valence-electron chi connectivity index (χ2n) is 8.00. The Kier molecular flexibility index (Phi) is 5.49. The maximum Gasteiger partial charge on any atom is 0.0679 e. The second kappa shape index (κ2) is 6.76. The highest BCUT2D eigenvalue weighted by Gasteiger charge is 2.37. The summed E-state index contributed by atoms with van der Waals surface area (Å²) in [7, 11) is 0. The van der Waals surface area contributed by atoms with Gasteiger partial charge in [-0.3, -0.25) is 0 Å². The molecule has 0 spiro atoms. The van der Waals surface area contributed by atoms with Gasteiger partial charge in [0.1, 0.15) is 0 Å². The predicted molar refractivity (Wildman–Crippen MR) is 84.8 cm³/mol. The molecule has 3 heteroatoms. The molecule has 118 valence electrons. The first-order chi connectivity index (χ1) is 9.40. The van der Waals surface area contributed by atoms with Crippen molar-refractivity contribution in [3.05, 3.63) is 0 Å². The molecule has 0 radical (unpaired) electrons. The van der Waals surface area contributed by atoms with E-state index in [0.29, 0.717) is 11.5 Å². The Bertz CT molecular complexity index is 300. The zero-order valence-corrected chi connectivity index (χ0v) is 13.9. The predicted octanol–water partition coefficient (Wildman–Crippen LogP) is 2.49. The van der Waals surface area contributed by atoms with Gasteiger partial charge in [0.05, 0.1) is 6.10 Å². The fourth-order valence-electron chi connectivity index (χ4n) is 4.09. The third kappa shape index (κ3) is 4.19. The summed E-state index contributed by atoms with van der Waals surface area (Å²) in [5.41, 5.74) is 0.431. The van der Waals surface area contributed by atoms with E-state index in [-0.39, 0.29) is 6.10 Å². The van der Waals surface area contributed by atoms with Crippen LogP contribution in [0, 0.1) is 17.3 Å². The van der Waals surface area contributed by atoms with E-state index in [9.17, 15) is 5.11 Å². The Morgan fingerprint density at radius 3 is 2.50 bits per heavy atom. The maximum atomic E-state index is 9.72. The van der Waals surface area contributed by atoms with E-state index in [2.05, 4.69) is 37.9 Å². The van der Waals surface area contributed by atoms with Gasteiger partial charge in [0.2, 0.25) is 0 Å². The highest BCUT2D eigenvalue weighted by Crippen LogP contribution is 2.40. The fraction of sp³-hybridized carbons (Fsp3) is 1.00. The highest BCUT2D eigenvalue weighted by atomic mass is 16.3. The lowest BCUT2D eigenvalue weighted by Crippen LogP contribution is -2.47. The smallest absolute Gasteiger partial charge is 0.0679 e. The number of nitrogens with one attached hydrogen (secondary N) is 1. The van der Waals surface area contributed by atoms with Gasteiger partial charge in [-0.2, -0.15) is 0 Å². The minimum Gasteiger partial charge on any atom is -0.392 e. The number of likely N-dealkylation sites (tertiary alicyclic amines) is 1. The highest BCUT2D eigenvalue weighted by molar-refractivity contribution is 4.91. The molecule has 1 heterocycles. The zero-order valence-electron chi connectivity index (χ0n) is 13.9. The van der Waals surface area contributed by atoms with Gasteiger partial charge in [-0.05, 0) is 49.5 Å². The van der Waals surface area contributed by atoms with Crippen LogP contribution in [0.2, 0.25) is 0 Å². The molecule has 2 aliphatic rings. The SMILES string of the molecule is CCNC1CCC(C(C)(C)C)CC1CN1CCC(O)C1. The van der Waals surface area contributed by atoms with Crippen LogP contribution >= 0.6 is 0 Å². The Morgan fingerprint density at radius 2 is 1.95 bits per heavy atom. The minimum absolute atomic E-state index is 0.0883. The summed E-state index contributed by atoms with van der Waals surface area (Å²) in [5, 5.41) is 13.4. The summed E-state index contributed by atoms with van der Waals surface area (Å²) in [6.07, 6.45) is 4.89. The van der Waals surface area contributed by atoms with E-state index in [1.54, 1.807) is 0 Å². The molecular weight excluding hydrogens is 248 g/mol. The monoisotopic (exact) mass is 282 g/mol. The van der Waals surface area contributed by atoms with Crippen LogP contribution in [0.15, 0.2) is 0 Å². The van der Waals surface area contributed by atoms with Crippen molar-refractivity contribution < 1.29 is 5.11 Å². The molecule has 0 amide bonds. The maximum absolute atomic E-state index is 9.72. The van der Waals surface area contributed by atoms with Crippen molar-refractivity contribution in [1.82, 2.24) is 10.2 Å². The lowest BCUT2D eigenvalue weighted by molar-refractivity contribution is 0.0889. The Labute approximate surface area is 125 Å². The number of rotatable bonds is 4. The largest absolute Gasteiger partial charge is 0.392 e. The molecule has 0 aromatic carbocycles. The summed E-state index contributed by atoms with van der Waals surface area (Å²) >= 11 is 0. The Morgan fingerprint density at radius 1 is 1.20 bits per heavy atom. The normalized spacial score (nSPS) is 36.5. The molecule has 4 atom stereocenters. The summed E-state index contributed by atoms with van der Waals surface area (Å²) < 4.78 is 0. The van der Waals surface area contributed by atoms with Crippen molar-refractivity contribution in [1.29, 1.82) is 0 Å². The van der Waals surface area contributed by atoms with Crippen LogP contribution in [-0.2, 0) is 0 Å². The van der Waals surface area contributed by atoms with E-state index in [1.807, 2.05) is 0 Å². The summed E-state index contributed by atoms with van der Waals surface area (Å²) in [6, 6.07) is 0.677. The first kappa shape index (κ1) is 16.3. The van der Waals surface area contributed by atoms with Crippen molar-refractivity contribution in [3.63, 3.8) is 0 Å². The molecule has 1 saturated heterocycles. The number of nitrogens with zero attached hydrogens (tertiary/aromatic N) is 1. The van der Waals surface area contributed by atoms with Crippen molar-refractivity contribution in [2.75, 3.05) is 26.2 Å². The minimum atomic E-state index is -0.0883. The first-order valence-corrected chi connectivity index (χ1v) is 8.54. The lowest BCUT2D eigenvalue weighted by Gasteiger charge is -2.43. The van der Waals surface area contributed by atoms with Gasteiger partial charge >= 0.3 is 0 Å². The van der Waals surface area contributed by atoms with E-state index >= 15 is 0 Å². The van der Waals surface area contributed by atoms with Gasteiger partial charge < -0.3 is 15.3 Å². The molecular formula is C17H34N2O. The molecule has 20 heavy (non-hydrogen) atoms. The number of β-amino-alcohol motifs (C(OH)–C–C–N with tert-alkyl or cyclic N) is 1. The topological polar surface area (TPSA) is 35.5 Å². The molecule has 1 aliphatic carbocycles. The fourth-order valence-corrected chi connectivity index (χ4v) is 4.09. The molecule has 0 aromatic rings. The van der Waals surface area contributed by atoms with Crippen LogP contribution in [-0.4, -0.2) is 48.3 Å². The van der Waals surface area contributed by atoms with Gasteiger partial charge in [0.15, 0.2) is 0 Å². The Balaban J connectivity index is 1.95. The molecule has 1 saturated carbocycles. The molecule has 0 aromatic heterocycles. The second-order valence-corrected chi connectivity index (χ2v) is 8.00. The van der Waals surface area contributed by atoms with Crippen LogP contribution in [0.4, 0.5) is 0 Å². The van der Waals surface area contributed by atoms with E-state index in [1.165, 1.54) is 25.8 Å². The summed E-state index contributed by atoms with van der Waals surface area (Å²) in [4.78, 5) is 2.48. The van der Waals surface area contributed by atoms with Crippen LogP contribution in [0.5, 0.6) is 0 Å². The summed E-state index contributed by atoms with van der Waals surface area (Å²) in [6.45, 7) is 13.6. The van der Waals surface area contributed by atoms with Gasteiger partial charge in [-0.25, -0.2) is 0 Å². The van der Waals surface area contributed by atoms with Crippen LogP contribution < -0.4 is 5.32 Å². The van der Waals surface area contributed by atoms with Crippen molar-refractivity contribution in [3.8, 4) is 0 Å². The summed E-state index contributed by atoms with van der Waals surface area (Å²) in [5.74, 6) is 1.59. The molecule has 3 nitrogen and oxygen atoms in total. The van der Waals surface area contributed by atoms with Crippen LogP contribution in [0.25, 0.3) is 0 Å². The molecule has 2 N–H and O–H groups in total. The van der Waals surface area contributed by atoms with E-state index in [4.69, 9.17) is 0 Å². The molecule has 0 bridgehead atoms. The van der Waals surface area contributed by atoms with Gasteiger partial charge in [0, 0.05) is 25.7 Å². The third-order valence-electron chi connectivity index (χ3n) is 5.41. The molecule has 1 aliphatic heterocycles. The standard InChI is InChI=1S/C17H34N2O/c1-5-18-16-7-6-14(17(2,3)4)10-13(16)11-19-9-8-15(20)12-19/h13-16,18,20H,5-12H2,1-4H3. The first-order valence-electron chi connectivity index (χ1n) is 8.54. The van der Waals surface area contributed by atoms with Crippen molar-refractivity contribution >= 4 is 0 Å². The zero-order chi connectivity index (χ0) is 14.8. The van der Waals surface area contributed by atoms with Crippen LogP contribution in [0.3, 0.4) is 0 Å². The molecule has 4 unspecified atom stereocenters. The van der Waals surface area contributed by atoms with Crippen molar-refractivity contribution in [2.24, 2.45) is 17.3 Å². The van der Waals surface area contributed by atoms with Gasteiger partial charge in [0.25, 0.3) is 0 Å². The van der Waals surface area contributed by atoms with Crippen LogP contribution in [0.1, 0.15) is 53.4 Å². The van der Waals surface area contributed by atoms with E-state index < -0.39 is 0 Å². The quantitative estimate of drug-likeness (QED) is 0.831. The van der Waals surface area contributed by atoms with Crippen molar-refractivity contribution in [2.45, 2.75) is 65.5 Å².